The Morgan fingerprint density at radius 2 is 1.84 bits per heavy atom. The highest BCUT2D eigenvalue weighted by atomic mass is 35.5. The number of nitrogens with one attached hydrogen (secondary N) is 3. The first-order chi connectivity index (χ1) is 18.2. The van der Waals surface area contributed by atoms with Crippen molar-refractivity contribution < 1.29 is 22.8 Å². The normalized spacial score (nSPS) is 16.8. The average Bonchev–Trinajstić information content (AvgIpc) is 2.89. The standard InChI is InChI=1S/C27H33ClN4O5S/c28-21-8-13-26-20(15-21)16-29-18-32(26)23(17-33)9-10-24(34)14-19-6-11-25(12-7-19)38(36,37)31-27(35)30-22-4-2-1-3-5-22/h6-8,11-13,15,17,22-23,29H,1-5,9-10,14,16,18H2,(H2,30,31,35). The Labute approximate surface area is 228 Å². The van der Waals surface area contributed by atoms with E-state index >= 15 is 0 Å². The number of sulfonamides is 1. The van der Waals surface area contributed by atoms with Crippen LogP contribution in [0.3, 0.4) is 0 Å². The minimum atomic E-state index is -4.03. The van der Waals surface area contributed by atoms with Crippen LogP contribution in [-0.4, -0.2) is 45.3 Å². The van der Waals surface area contributed by atoms with E-state index < -0.39 is 22.1 Å². The number of nitrogens with zero attached hydrogens (tertiary/aromatic N) is 1. The van der Waals surface area contributed by atoms with E-state index in [1.54, 1.807) is 18.2 Å². The van der Waals surface area contributed by atoms with Crippen LogP contribution in [0.15, 0.2) is 47.4 Å². The smallest absolute Gasteiger partial charge is 0.328 e. The van der Waals surface area contributed by atoms with Crippen molar-refractivity contribution >= 4 is 45.4 Å². The molecule has 1 heterocycles. The molecular formula is C27H33ClN4O5S. The van der Waals surface area contributed by atoms with Crippen LogP contribution in [0.2, 0.25) is 5.02 Å². The number of ketones is 1. The summed E-state index contributed by atoms with van der Waals surface area (Å²) in [4.78, 5) is 38.6. The number of amides is 2. The third-order valence-electron chi connectivity index (χ3n) is 7.03. The van der Waals surface area contributed by atoms with Crippen molar-refractivity contribution in [3.63, 3.8) is 0 Å². The van der Waals surface area contributed by atoms with Gasteiger partial charge in [0.1, 0.15) is 12.1 Å². The van der Waals surface area contributed by atoms with Crippen LogP contribution >= 0.6 is 11.6 Å². The third kappa shape index (κ3) is 7.33. The Balaban J connectivity index is 1.29. The molecule has 9 nitrogen and oxygen atoms in total. The van der Waals surface area contributed by atoms with Gasteiger partial charge < -0.3 is 15.0 Å². The van der Waals surface area contributed by atoms with Crippen LogP contribution in [0, 0.1) is 0 Å². The van der Waals surface area contributed by atoms with E-state index in [2.05, 4.69) is 15.4 Å². The Kier molecular flexibility index (Phi) is 9.40. The van der Waals surface area contributed by atoms with Gasteiger partial charge in [-0.15, -0.1) is 0 Å². The molecule has 2 amide bonds. The fourth-order valence-corrected chi connectivity index (χ4v) is 6.13. The number of hydrogen-bond donors (Lipinski definition) is 3. The van der Waals surface area contributed by atoms with Crippen LogP contribution in [0.1, 0.15) is 56.1 Å². The summed E-state index contributed by atoms with van der Waals surface area (Å²) < 4.78 is 27.3. The number of aldehydes is 1. The third-order valence-corrected chi connectivity index (χ3v) is 8.61. The van der Waals surface area contributed by atoms with E-state index in [0.29, 0.717) is 30.2 Å². The number of Topliss-reactive ketones (excluding diaryl/α,β-unsaturated/α-hetero) is 1. The fourth-order valence-electron chi connectivity index (χ4n) is 5.02. The van der Waals surface area contributed by atoms with Gasteiger partial charge in [-0.3, -0.25) is 10.1 Å². The van der Waals surface area contributed by atoms with Gasteiger partial charge in [0.05, 0.1) is 17.6 Å². The summed E-state index contributed by atoms with van der Waals surface area (Å²) in [6, 6.07) is 10.2. The highest BCUT2D eigenvalue weighted by Crippen LogP contribution is 2.29. The van der Waals surface area contributed by atoms with E-state index in [1.807, 2.05) is 17.0 Å². The number of fused-ring (bicyclic) bond motifs is 1. The minimum absolute atomic E-state index is 0.00873. The van der Waals surface area contributed by atoms with Crippen LogP contribution < -0.4 is 20.3 Å². The second kappa shape index (κ2) is 12.7. The van der Waals surface area contributed by atoms with Gasteiger partial charge in [0.25, 0.3) is 10.0 Å². The Bertz CT molecular complexity index is 1260. The fraction of sp³-hybridized carbons (Fsp3) is 0.444. The molecule has 1 aliphatic heterocycles. The van der Waals surface area contributed by atoms with Gasteiger partial charge in [-0.25, -0.2) is 17.9 Å². The molecule has 2 aromatic rings. The summed E-state index contributed by atoms with van der Waals surface area (Å²) >= 11 is 6.10. The lowest BCUT2D eigenvalue weighted by Crippen LogP contribution is -2.46. The number of carbonyl (C=O) groups is 3. The molecule has 2 aliphatic rings. The summed E-state index contributed by atoms with van der Waals surface area (Å²) in [5.41, 5.74) is 2.58. The molecule has 1 saturated carbocycles. The lowest BCUT2D eigenvalue weighted by atomic mass is 9.96. The maximum Gasteiger partial charge on any atom is 0.328 e. The van der Waals surface area contributed by atoms with Crippen LogP contribution in [-0.2, 0) is 32.6 Å². The van der Waals surface area contributed by atoms with E-state index in [9.17, 15) is 22.8 Å². The molecule has 1 aliphatic carbocycles. The Morgan fingerprint density at radius 3 is 2.55 bits per heavy atom. The van der Waals surface area contributed by atoms with Gasteiger partial charge >= 0.3 is 6.03 Å². The molecule has 0 aromatic heterocycles. The van der Waals surface area contributed by atoms with Crippen molar-refractivity contribution in [1.82, 2.24) is 15.4 Å². The highest BCUT2D eigenvalue weighted by Gasteiger charge is 2.25. The Hall–Kier alpha value is -2.95. The quantitative estimate of drug-likeness (QED) is 0.378. The zero-order chi connectivity index (χ0) is 27.1. The van der Waals surface area contributed by atoms with Crippen molar-refractivity contribution in [2.75, 3.05) is 11.6 Å². The first-order valence-electron chi connectivity index (χ1n) is 12.9. The summed E-state index contributed by atoms with van der Waals surface area (Å²) in [6.07, 6.45) is 6.40. The summed E-state index contributed by atoms with van der Waals surface area (Å²) in [6.45, 7) is 1.15. The van der Waals surface area contributed by atoms with Crippen molar-refractivity contribution in [1.29, 1.82) is 0 Å². The molecule has 0 saturated heterocycles. The molecule has 38 heavy (non-hydrogen) atoms. The molecule has 1 unspecified atom stereocenters. The lowest BCUT2D eigenvalue weighted by molar-refractivity contribution is -0.118. The molecule has 0 spiro atoms. The molecule has 204 valence electrons. The van der Waals surface area contributed by atoms with E-state index in [0.717, 1.165) is 49.6 Å². The first kappa shape index (κ1) is 28.1. The maximum absolute atomic E-state index is 12.7. The van der Waals surface area contributed by atoms with Crippen LogP contribution in [0.5, 0.6) is 0 Å². The van der Waals surface area contributed by atoms with E-state index in [1.165, 1.54) is 12.1 Å². The Morgan fingerprint density at radius 1 is 1.11 bits per heavy atom. The molecule has 0 radical (unpaired) electrons. The summed E-state index contributed by atoms with van der Waals surface area (Å²) in [5, 5.41) is 6.61. The molecule has 1 fully saturated rings. The lowest BCUT2D eigenvalue weighted by Gasteiger charge is -2.36. The SMILES string of the molecule is O=CC(CCC(=O)Cc1ccc(S(=O)(=O)NC(=O)NC2CCCCC2)cc1)N1CNCc2cc(Cl)ccc21. The molecule has 4 rings (SSSR count). The topological polar surface area (TPSA) is 125 Å². The predicted molar refractivity (Wildman–Crippen MR) is 146 cm³/mol. The van der Waals surface area contributed by atoms with Gasteiger partial charge in [0.15, 0.2) is 0 Å². The van der Waals surface area contributed by atoms with Gasteiger partial charge in [-0.1, -0.05) is 43.0 Å². The molecule has 3 N–H and O–H groups in total. The minimum Gasteiger partial charge on any atom is -0.349 e. The largest absolute Gasteiger partial charge is 0.349 e. The van der Waals surface area contributed by atoms with Crippen molar-refractivity contribution in [2.24, 2.45) is 0 Å². The number of hydrogen-bond acceptors (Lipinski definition) is 7. The zero-order valence-corrected chi connectivity index (χ0v) is 22.7. The van der Waals surface area contributed by atoms with Gasteiger partial charge in [-0.05, 0) is 60.7 Å². The second-order valence-corrected chi connectivity index (χ2v) is 12.0. The number of benzene rings is 2. The van der Waals surface area contributed by atoms with Gasteiger partial charge in [0, 0.05) is 36.1 Å². The average molecular weight is 561 g/mol. The van der Waals surface area contributed by atoms with Crippen molar-refractivity contribution in [3.05, 3.63) is 58.6 Å². The van der Waals surface area contributed by atoms with Crippen LogP contribution in [0.25, 0.3) is 0 Å². The second-order valence-electron chi connectivity index (χ2n) is 9.84. The number of urea groups is 1. The summed E-state index contributed by atoms with van der Waals surface area (Å²) in [5.74, 6) is -0.0567. The van der Waals surface area contributed by atoms with Gasteiger partial charge in [-0.2, -0.15) is 0 Å². The number of anilines is 1. The molecular weight excluding hydrogens is 528 g/mol. The van der Waals surface area contributed by atoms with E-state index in [4.69, 9.17) is 11.6 Å². The summed E-state index contributed by atoms with van der Waals surface area (Å²) in [7, 11) is -4.03. The maximum atomic E-state index is 12.7. The molecule has 11 heteroatoms. The molecule has 0 bridgehead atoms. The van der Waals surface area contributed by atoms with Crippen molar-refractivity contribution in [2.45, 2.75) is 74.9 Å². The first-order valence-corrected chi connectivity index (χ1v) is 14.8. The zero-order valence-electron chi connectivity index (χ0n) is 21.1. The predicted octanol–water partition coefficient (Wildman–Crippen LogP) is 3.69. The highest BCUT2D eigenvalue weighted by molar-refractivity contribution is 7.90. The molecule has 2 aromatic carbocycles. The van der Waals surface area contributed by atoms with E-state index in [-0.39, 0.29) is 29.6 Å². The van der Waals surface area contributed by atoms with Gasteiger partial charge in [0.2, 0.25) is 0 Å². The number of rotatable bonds is 10. The number of halogens is 1. The van der Waals surface area contributed by atoms with Crippen molar-refractivity contribution in [3.8, 4) is 0 Å². The molecule has 1 atom stereocenters. The monoisotopic (exact) mass is 560 g/mol. The van der Waals surface area contributed by atoms with Crippen LogP contribution in [0.4, 0.5) is 10.5 Å². The number of carbonyl (C=O) groups excluding carboxylic acids is 3.